The maximum Gasteiger partial charge on any atom is 0.0364 e. The van der Waals surface area contributed by atoms with Gasteiger partial charge >= 0.3 is 0 Å². The molecule has 2 aromatic carbocycles. The molecule has 0 saturated heterocycles. The maximum atomic E-state index is 3.19. The lowest BCUT2D eigenvalue weighted by atomic mass is 10.1. The minimum absolute atomic E-state index is 1.10. The highest BCUT2D eigenvalue weighted by molar-refractivity contribution is 5.66. The minimum atomic E-state index is 1.10. The molecular weight excluding hydrogens is 244 g/mol. The molecule has 106 valence electrons. The Hall–Kier alpha value is -1.80. The van der Waals surface area contributed by atoms with Gasteiger partial charge in [0.2, 0.25) is 0 Å². The highest BCUT2D eigenvalue weighted by atomic mass is 15.1. The van der Waals surface area contributed by atoms with E-state index in [2.05, 4.69) is 71.9 Å². The molecule has 20 heavy (non-hydrogen) atoms. The number of nitrogens with one attached hydrogen (secondary N) is 1. The van der Waals surface area contributed by atoms with Crippen LogP contribution in [0.15, 0.2) is 54.6 Å². The third-order valence-corrected chi connectivity index (χ3v) is 3.59. The van der Waals surface area contributed by atoms with Crippen molar-refractivity contribution < 1.29 is 0 Å². The smallest absolute Gasteiger partial charge is 0.0364 e. The van der Waals surface area contributed by atoms with Crippen molar-refractivity contribution in [3.63, 3.8) is 0 Å². The van der Waals surface area contributed by atoms with Crippen molar-refractivity contribution in [1.29, 1.82) is 0 Å². The Labute approximate surface area is 122 Å². The zero-order chi connectivity index (χ0) is 14.2. The highest BCUT2D eigenvalue weighted by Gasteiger charge is 2.01. The molecule has 0 atom stereocenters. The van der Waals surface area contributed by atoms with Gasteiger partial charge in [-0.1, -0.05) is 42.5 Å². The Morgan fingerprint density at radius 1 is 0.850 bits per heavy atom. The van der Waals surface area contributed by atoms with E-state index < -0.39 is 0 Å². The Morgan fingerprint density at radius 2 is 1.50 bits per heavy atom. The van der Waals surface area contributed by atoms with Gasteiger partial charge in [0.05, 0.1) is 0 Å². The van der Waals surface area contributed by atoms with E-state index in [0.717, 1.165) is 13.1 Å². The largest absolute Gasteiger partial charge is 0.375 e. The molecule has 0 spiro atoms. The van der Waals surface area contributed by atoms with Crippen LogP contribution < -0.4 is 10.2 Å². The SMILES string of the molecule is CNCCCCN(C)c1ccc(-c2ccccc2)cc1. The van der Waals surface area contributed by atoms with E-state index in [-0.39, 0.29) is 0 Å². The normalized spacial score (nSPS) is 10.5. The fourth-order valence-electron chi connectivity index (χ4n) is 2.32. The van der Waals surface area contributed by atoms with Crippen molar-refractivity contribution in [3.8, 4) is 11.1 Å². The molecule has 0 bridgehead atoms. The molecule has 2 rings (SSSR count). The summed E-state index contributed by atoms with van der Waals surface area (Å²) in [6, 6.07) is 19.3. The van der Waals surface area contributed by atoms with Crippen molar-refractivity contribution >= 4 is 5.69 Å². The fraction of sp³-hybridized carbons (Fsp3) is 0.333. The number of unbranched alkanes of at least 4 members (excludes halogenated alkanes) is 1. The molecule has 2 aromatic rings. The number of rotatable bonds is 7. The van der Waals surface area contributed by atoms with Gasteiger partial charge in [-0.3, -0.25) is 0 Å². The topological polar surface area (TPSA) is 15.3 Å². The average molecular weight is 268 g/mol. The van der Waals surface area contributed by atoms with Crippen LogP contribution in [-0.4, -0.2) is 27.2 Å². The summed E-state index contributed by atoms with van der Waals surface area (Å²) in [5.41, 5.74) is 3.84. The summed E-state index contributed by atoms with van der Waals surface area (Å²) in [4.78, 5) is 2.32. The van der Waals surface area contributed by atoms with Crippen molar-refractivity contribution in [2.75, 3.05) is 32.1 Å². The first-order valence-electron chi connectivity index (χ1n) is 7.32. The van der Waals surface area contributed by atoms with Crippen LogP contribution >= 0.6 is 0 Å². The van der Waals surface area contributed by atoms with Crippen LogP contribution in [0.3, 0.4) is 0 Å². The lowest BCUT2D eigenvalue weighted by molar-refractivity contribution is 0.671. The number of anilines is 1. The maximum absolute atomic E-state index is 3.19. The molecule has 0 aliphatic heterocycles. The molecule has 0 saturated carbocycles. The zero-order valence-corrected chi connectivity index (χ0v) is 12.5. The number of benzene rings is 2. The van der Waals surface area contributed by atoms with Gasteiger partial charge in [-0.2, -0.15) is 0 Å². The predicted molar refractivity (Wildman–Crippen MR) is 88.3 cm³/mol. The van der Waals surface area contributed by atoms with Gasteiger partial charge in [0, 0.05) is 19.3 Å². The summed E-state index contributed by atoms with van der Waals surface area (Å²) in [6.45, 7) is 2.20. The van der Waals surface area contributed by atoms with E-state index in [9.17, 15) is 0 Å². The summed E-state index contributed by atoms with van der Waals surface area (Å²) in [6.07, 6.45) is 2.45. The monoisotopic (exact) mass is 268 g/mol. The van der Waals surface area contributed by atoms with Crippen LogP contribution in [0.25, 0.3) is 11.1 Å². The Balaban J connectivity index is 1.94. The molecule has 0 radical (unpaired) electrons. The molecule has 0 fully saturated rings. The molecule has 1 N–H and O–H groups in total. The molecule has 0 unspecified atom stereocenters. The third-order valence-electron chi connectivity index (χ3n) is 3.59. The van der Waals surface area contributed by atoms with Gasteiger partial charge in [-0.25, -0.2) is 0 Å². The molecule has 2 nitrogen and oxygen atoms in total. The Bertz CT molecular complexity index is 491. The van der Waals surface area contributed by atoms with Crippen LogP contribution in [-0.2, 0) is 0 Å². The summed E-state index contributed by atoms with van der Waals surface area (Å²) in [7, 11) is 4.17. The first-order chi connectivity index (χ1) is 9.81. The molecule has 2 heteroatoms. The molecule has 0 aliphatic carbocycles. The Morgan fingerprint density at radius 3 is 2.15 bits per heavy atom. The second-order valence-corrected chi connectivity index (χ2v) is 5.15. The molecule has 0 aromatic heterocycles. The average Bonchev–Trinajstić information content (AvgIpc) is 2.52. The van der Waals surface area contributed by atoms with E-state index in [1.165, 1.54) is 29.7 Å². The summed E-state index contributed by atoms with van der Waals surface area (Å²) in [5, 5.41) is 3.19. The molecule has 0 amide bonds. The summed E-state index contributed by atoms with van der Waals surface area (Å²) >= 11 is 0. The van der Waals surface area contributed by atoms with Gasteiger partial charge in [-0.05, 0) is 49.7 Å². The van der Waals surface area contributed by atoms with Gasteiger partial charge in [-0.15, -0.1) is 0 Å². The summed E-state index contributed by atoms with van der Waals surface area (Å²) < 4.78 is 0. The van der Waals surface area contributed by atoms with Gasteiger partial charge in [0.15, 0.2) is 0 Å². The molecule has 0 heterocycles. The van der Waals surface area contributed by atoms with Gasteiger partial charge in [0.1, 0.15) is 0 Å². The third kappa shape index (κ3) is 4.10. The van der Waals surface area contributed by atoms with Crippen molar-refractivity contribution in [3.05, 3.63) is 54.6 Å². The van der Waals surface area contributed by atoms with Crippen molar-refractivity contribution in [1.82, 2.24) is 5.32 Å². The standard InChI is InChI=1S/C18H24N2/c1-19-14-6-7-15-20(2)18-12-10-17(11-13-18)16-8-4-3-5-9-16/h3-5,8-13,19H,6-7,14-15H2,1-2H3. The highest BCUT2D eigenvalue weighted by Crippen LogP contribution is 2.22. The molecular formula is C18H24N2. The van der Waals surface area contributed by atoms with Crippen molar-refractivity contribution in [2.45, 2.75) is 12.8 Å². The van der Waals surface area contributed by atoms with E-state index in [0.29, 0.717) is 0 Å². The van der Waals surface area contributed by atoms with Crippen LogP contribution in [0.4, 0.5) is 5.69 Å². The second kappa shape index (κ2) is 7.71. The van der Waals surface area contributed by atoms with Crippen LogP contribution in [0.2, 0.25) is 0 Å². The summed E-state index contributed by atoms with van der Waals surface area (Å²) in [5.74, 6) is 0. The van der Waals surface area contributed by atoms with Crippen LogP contribution in [0.1, 0.15) is 12.8 Å². The zero-order valence-electron chi connectivity index (χ0n) is 12.5. The van der Waals surface area contributed by atoms with E-state index in [1.807, 2.05) is 7.05 Å². The lowest BCUT2D eigenvalue weighted by Gasteiger charge is -2.19. The Kier molecular flexibility index (Phi) is 5.63. The fourth-order valence-corrected chi connectivity index (χ4v) is 2.32. The number of hydrogen-bond acceptors (Lipinski definition) is 2. The lowest BCUT2D eigenvalue weighted by Crippen LogP contribution is -2.19. The van der Waals surface area contributed by atoms with Gasteiger partial charge in [0.25, 0.3) is 0 Å². The van der Waals surface area contributed by atoms with E-state index in [4.69, 9.17) is 0 Å². The predicted octanol–water partition coefficient (Wildman–Crippen LogP) is 3.79. The molecule has 0 aliphatic rings. The quantitative estimate of drug-likeness (QED) is 0.769. The first-order valence-corrected chi connectivity index (χ1v) is 7.32. The first kappa shape index (κ1) is 14.6. The van der Waals surface area contributed by atoms with Crippen LogP contribution in [0, 0.1) is 0 Å². The second-order valence-electron chi connectivity index (χ2n) is 5.15. The van der Waals surface area contributed by atoms with Crippen molar-refractivity contribution in [2.24, 2.45) is 0 Å². The van der Waals surface area contributed by atoms with Gasteiger partial charge < -0.3 is 10.2 Å². The van der Waals surface area contributed by atoms with Crippen LogP contribution in [0.5, 0.6) is 0 Å². The number of nitrogens with zero attached hydrogens (tertiary/aromatic N) is 1. The number of hydrogen-bond donors (Lipinski definition) is 1. The van der Waals surface area contributed by atoms with E-state index >= 15 is 0 Å². The minimum Gasteiger partial charge on any atom is -0.375 e. The van der Waals surface area contributed by atoms with E-state index in [1.54, 1.807) is 0 Å².